The number of allylic oxidation sites excluding steroid dienone is 2. The van der Waals surface area contributed by atoms with Gasteiger partial charge in [0.2, 0.25) is 0 Å². The topological polar surface area (TPSA) is 12.0 Å². The number of hydrogen-bond acceptors (Lipinski definition) is 1. The van der Waals surface area contributed by atoms with Gasteiger partial charge in [-0.25, -0.2) is 0 Å². The number of benzene rings is 1. The van der Waals surface area contributed by atoms with Crippen LogP contribution < -0.4 is 5.32 Å². The van der Waals surface area contributed by atoms with E-state index in [4.69, 9.17) is 0 Å². The fraction of sp³-hybridized carbons (Fsp3) is 0.542. The summed E-state index contributed by atoms with van der Waals surface area (Å²) in [5, 5.41) is 3.80. The molecule has 0 amide bonds. The van der Waals surface area contributed by atoms with Gasteiger partial charge in [0.05, 0.1) is 0 Å². The fourth-order valence-corrected chi connectivity index (χ4v) is 4.63. The molecule has 0 bridgehead atoms. The van der Waals surface area contributed by atoms with Crippen LogP contribution in [0.25, 0.3) is 5.57 Å². The molecule has 1 spiro atoms. The van der Waals surface area contributed by atoms with Crippen LogP contribution >= 0.6 is 0 Å². The maximum absolute atomic E-state index is 4.50. The van der Waals surface area contributed by atoms with Crippen molar-refractivity contribution in [3.8, 4) is 0 Å². The quantitative estimate of drug-likeness (QED) is 0.737. The Hall–Kier alpha value is -1.57. The van der Waals surface area contributed by atoms with Crippen LogP contribution in [0.1, 0.15) is 70.6 Å². The summed E-state index contributed by atoms with van der Waals surface area (Å²) in [6.45, 7) is 16.2. The zero-order chi connectivity index (χ0) is 19.3. The van der Waals surface area contributed by atoms with Crippen LogP contribution in [0, 0.1) is 24.7 Å². The molecule has 0 aromatic heterocycles. The Bertz CT molecular complexity index is 803. The van der Waals surface area contributed by atoms with Gasteiger partial charge in [-0.15, -0.1) is 0 Å². The van der Waals surface area contributed by atoms with E-state index in [1.807, 2.05) is 0 Å². The normalized spacial score (nSPS) is 28.8. The molecule has 1 nitrogen and oxygen atoms in total. The number of nitrogens with one attached hydrogen (secondary N) is 1. The third-order valence-corrected chi connectivity index (χ3v) is 7.67. The van der Waals surface area contributed by atoms with Crippen LogP contribution in [-0.2, 0) is 0 Å². The summed E-state index contributed by atoms with van der Waals surface area (Å²) < 4.78 is 0. The summed E-state index contributed by atoms with van der Waals surface area (Å²) in [6, 6.07) is 6.73. The van der Waals surface area contributed by atoms with Gasteiger partial charge in [-0.2, -0.15) is 0 Å². The predicted molar refractivity (Wildman–Crippen MR) is 117 cm³/mol. The summed E-state index contributed by atoms with van der Waals surface area (Å²) in [7, 11) is 4.50. The third kappa shape index (κ3) is 2.92. The molecule has 1 fully saturated rings. The second-order valence-electron chi connectivity index (χ2n) is 9.58. The molecular weight excluding hydrogens is 313 g/mol. The van der Waals surface area contributed by atoms with Crippen molar-refractivity contribution in [3.05, 3.63) is 52.7 Å². The second kappa shape index (κ2) is 6.25. The maximum atomic E-state index is 4.50. The Morgan fingerprint density at radius 3 is 2.35 bits per heavy atom. The zero-order valence-electron chi connectivity index (χ0n) is 17.7. The first-order chi connectivity index (χ1) is 12.0. The monoisotopic (exact) mass is 347 g/mol. The Kier molecular flexibility index (Phi) is 4.62. The van der Waals surface area contributed by atoms with Gasteiger partial charge in [-0.1, -0.05) is 0 Å². The van der Waals surface area contributed by atoms with E-state index >= 15 is 0 Å². The summed E-state index contributed by atoms with van der Waals surface area (Å²) >= 11 is 0. The average molecular weight is 347 g/mol. The predicted octanol–water partition coefficient (Wildman–Crippen LogP) is 5.24. The van der Waals surface area contributed by atoms with Gasteiger partial charge in [-0.3, -0.25) is 0 Å². The van der Waals surface area contributed by atoms with Crippen LogP contribution in [0.2, 0.25) is 0 Å². The molecule has 1 aliphatic heterocycles. The van der Waals surface area contributed by atoms with Crippen LogP contribution in [0.5, 0.6) is 0 Å². The van der Waals surface area contributed by atoms with Crippen LogP contribution in [0.4, 0.5) is 0 Å². The van der Waals surface area contributed by atoms with Gasteiger partial charge in [0.15, 0.2) is 0 Å². The van der Waals surface area contributed by atoms with E-state index in [9.17, 15) is 0 Å². The van der Waals surface area contributed by atoms with E-state index < -0.39 is 0 Å². The van der Waals surface area contributed by atoms with Crippen molar-refractivity contribution >= 4 is 18.5 Å². The molecule has 138 valence electrons. The Morgan fingerprint density at radius 1 is 1.12 bits per heavy atom. The van der Waals surface area contributed by atoms with Crippen molar-refractivity contribution in [1.29, 1.82) is 0 Å². The molecule has 0 radical (unpaired) electrons. The molecule has 1 heterocycles. The molecule has 1 aromatic rings. The minimum atomic E-state index is 0.0171. The van der Waals surface area contributed by atoms with Crippen LogP contribution in [0.3, 0.4) is 0 Å². The standard InChI is InChI=1S/C24H34BN/c1-8-22(5,6)23(7)14-24(15-23)21(25)18(4)12-20(13-26-24)19-10-9-16(2)17(3)11-19/h9-13,25-26H,8,14-15H2,1-7H3. The van der Waals surface area contributed by atoms with E-state index in [0.717, 1.165) is 12.8 Å². The molecule has 1 aliphatic carbocycles. The summed E-state index contributed by atoms with van der Waals surface area (Å²) in [4.78, 5) is 0. The molecule has 1 N–H and O–H groups in total. The van der Waals surface area contributed by atoms with Crippen LogP contribution in [0.15, 0.2) is 36.0 Å². The summed E-state index contributed by atoms with van der Waals surface area (Å²) in [5.41, 5.74) is 8.51. The molecule has 3 rings (SSSR count). The Morgan fingerprint density at radius 2 is 1.77 bits per heavy atom. The van der Waals surface area contributed by atoms with E-state index in [-0.39, 0.29) is 5.54 Å². The van der Waals surface area contributed by atoms with Crippen molar-refractivity contribution in [3.63, 3.8) is 0 Å². The zero-order valence-corrected chi connectivity index (χ0v) is 17.7. The van der Waals surface area contributed by atoms with Gasteiger partial charge < -0.3 is 0 Å². The van der Waals surface area contributed by atoms with Crippen molar-refractivity contribution in [2.75, 3.05) is 0 Å². The molecular formula is C24H34BN. The number of aryl methyl sites for hydroxylation is 2. The Labute approximate surface area is 161 Å². The fourth-order valence-electron chi connectivity index (χ4n) is 4.63. The van der Waals surface area contributed by atoms with Crippen molar-refractivity contribution < 1.29 is 0 Å². The second-order valence-corrected chi connectivity index (χ2v) is 9.58. The van der Waals surface area contributed by atoms with Gasteiger partial charge >= 0.3 is 161 Å². The minimum absolute atomic E-state index is 0.0171. The van der Waals surface area contributed by atoms with Crippen molar-refractivity contribution in [2.24, 2.45) is 10.8 Å². The number of hydrogen-bond donors (Lipinski definition) is 1. The van der Waals surface area contributed by atoms with Gasteiger partial charge in [0.1, 0.15) is 0 Å². The van der Waals surface area contributed by atoms with E-state index in [1.165, 1.54) is 39.7 Å². The van der Waals surface area contributed by atoms with Crippen molar-refractivity contribution in [2.45, 2.75) is 73.3 Å². The van der Waals surface area contributed by atoms with Crippen molar-refractivity contribution in [1.82, 2.24) is 5.32 Å². The van der Waals surface area contributed by atoms with Gasteiger partial charge in [0.25, 0.3) is 0 Å². The molecule has 0 saturated heterocycles. The Balaban J connectivity index is 1.92. The number of rotatable bonds is 3. The molecule has 1 aromatic carbocycles. The van der Waals surface area contributed by atoms with Gasteiger partial charge in [0, 0.05) is 0 Å². The first-order valence-electron chi connectivity index (χ1n) is 9.97. The summed E-state index contributed by atoms with van der Waals surface area (Å²) in [5.74, 6) is 0. The summed E-state index contributed by atoms with van der Waals surface area (Å²) in [6.07, 6.45) is 8.05. The molecule has 0 unspecified atom stereocenters. The molecule has 26 heavy (non-hydrogen) atoms. The van der Waals surface area contributed by atoms with E-state index in [1.54, 1.807) is 0 Å². The third-order valence-electron chi connectivity index (χ3n) is 7.67. The van der Waals surface area contributed by atoms with E-state index in [0.29, 0.717) is 10.8 Å². The molecule has 0 atom stereocenters. The first-order valence-corrected chi connectivity index (χ1v) is 9.97. The molecule has 1 saturated carbocycles. The average Bonchev–Trinajstić information content (AvgIpc) is 2.68. The first kappa shape index (κ1) is 19.2. The molecule has 2 heteroatoms. The van der Waals surface area contributed by atoms with Crippen LogP contribution in [-0.4, -0.2) is 18.5 Å². The molecule has 2 aliphatic rings. The van der Waals surface area contributed by atoms with E-state index in [2.05, 4.69) is 91.7 Å². The SMILES string of the molecule is B=C1C(C)=CC(c2ccc(C)c(C)c2)=CNC12CC(C)(C(C)(C)CC)C2. The van der Waals surface area contributed by atoms with Gasteiger partial charge in [-0.05, 0) is 0 Å².